The van der Waals surface area contributed by atoms with Crippen molar-refractivity contribution in [1.29, 1.82) is 0 Å². The Kier molecular flexibility index (Phi) is 4.20. The van der Waals surface area contributed by atoms with Crippen molar-refractivity contribution in [2.45, 2.75) is 13.0 Å². The average Bonchev–Trinajstić information content (AvgIpc) is 3.39. The van der Waals surface area contributed by atoms with Crippen molar-refractivity contribution in [2.24, 2.45) is 0 Å². The molecule has 0 spiro atoms. The fourth-order valence-corrected chi connectivity index (χ4v) is 3.32. The van der Waals surface area contributed by atoms with E-state index in [2.05, 4.69) is 25.4 Å². The third-order valence-electron chi connectivity index (χ3n) is 4.99. The van der Waals surface area contributed by atoms with Gasteiger partial charge in [0.1, 0.15) is 5.82 Å². The molecule has 0 saturated heterocycles. The van der Waals surface area contributed by atoms with Crippen LogP contribution in [0.15, 0.2) is 67.3 Å². The van der Waals surface area contributed by atoms with Crippen LogP contribution in [0.5, 0.6) is 0 Å². The van der Waals surface area contributed by atoms with Crippen molar-refractivity contribution in [3.8, 4) is 22.4 Å². The van der Waals surface area contributed by atoms with Gasteiger partial charge in [-0.3, -0.25) is 4.68 Å². The zero-order valence-corrected chi connectivity index (χ0v) is 16.0. The van der Waals surface area contributed by atoms with Crippen LogP contribution in [-0.2, 0) is 0 Å². The second-order valence-corrected chi connectivity index (χ2v) is 6.95. The predicted molar refractivity (Wildman–Crippen MR) is 110 cm³/mol. The molecule has 0 aliphatic carbocycles. The summed E-state index contributed by atoms with van der Waals surface area (Å²) in [6.07, 6.45) is 7.15. The van der Waals surface area contributed by atoms with E-state index in [0.29, 0.717) is 11.3 Å². The first-order valence-corrected chi connectivity index (χ1v) is 9.32. The number of fused-ring (bicyclic) bond motifs is 1. The average molecular weight is 400 g/mol. The Bertz CT molecular complexity index is 1340. The first-order chi connectivity index (χ1) is 14.6. The van der Waals surface area contributed by atoms with E-state index in [1.54, 1.807) is 35.2 Å². The molecule has 30 heavy (non-hydrogen) atoms. The summed E-state index contributed by atoms with van der Waals surface area (Å²) in [4.78, 5) is 4.19. The molecule has 9 heteroatoms. The highest BCUT2D eigenvalue weighted by molar-refractivity contribution is 5.71. The molecule has 4 aromatic heterocycles. The number of hydrogen-bond donors (Lipinski definition) is 1. The summed E-state index contributed by atoms with van der Waals surface area (Å²) in [6, 6.07) is 12.1. The Hall–Kier alpha value is -4.14. The molecule has 5 aromatic rings. The standard InChI is InChI=1S/C21H17FN8/c1-13(14-2-4-18(22)5-3-14)30-12-17(11-25-30)19-8-16(10-24-27-19)15-6-7-29-20(9-15)26-21(23)28-29/h2-13H,1H3,(H2,23,28). The van der Waals surface area contributed by atoms with Gasteiger partial charge in [0.05, 0.1) is 24.1 Å². The van der Waals surface area contributed by atoms with Gasteiger partial charge >= 0.3 is 0 Å². The number of benzene rings is 1. The van der Waals surface area contributed by atoms with Crippen LogP contribution in [0.3, 0.4) is 0 Å². The first kappa shape index (κ1) is 17.9. The van der Waals surface area contributed by atoms with E-state index in [1.165, 1.54) is 12.1 Å². The largest absolute Gasteiger partial charge is 0.366 e. The van der Waals surface area contributed by atoms with Gasteiger partial charge in [0, 0.05) is 23.5 Å². The van der Waals surface area contributed by atoms with Gasteiger partial charge in [-0.05, 0) is 48.4 Å². The Morgan fingerprint density at radius 2 is 1.83 bits per heavy atom. The van der Waals surface area contributed by atoms with Gasteiger partial charge in [-0.1, -0.05) is 12.1 Å². The third-order valence-corrected chi connectivity index (χ3v) is 4.99. The van der Waals surface area contributed by atoms with Crippen molar-refractivity contribution in [2.75, 3.05) is 5.73 Å². The van der Waals surface area contributed by atoms with E-state index in [-0.39, 0.29) is 17.8 Å². The summed E-state index contributed by atoms with van der Waals surface area (Å²) in [6.45, 7) is 2.01. The summed E-state index contributed by atoms with van der Waals surface area (Å²) in [7, 11) is 0. The number of anilines is 1. The van der Waals surface area contributed by atoms with Gasteiger partial charge in [-0.25, -0.2) is 8.91 Å². The lowest BCUT2D eigenvalue weighted by atomic mass is 10.1. The fourth-order valence-electron chi connectivity index (χ4n) is 3.32. The van der Waals surface area contributed by atoms with E-state index in [0.717, 1.165) is 22.3 Å². The van der Waals surface area contributed by atoms with E-state index >= 15 is 0 Å². The van der Waals surface area contributed by atoms with Crippen LogP contribution in [0.1, 0.15) is 18.5 Å². The van der Waals surface area contributed by atoms with Crippen molar-refractivity contribution in [3.05, 3.63) is 78.6 Å². The van der Waals surface area contributed by atoms with Crippen LogP contribution in [-0.4, -0.2) is 34.6 Å². The summed E-state index contributed by atoms with van der Waals surface area (Å²) in [5, 5.41) is 16.9. The lowest BCUT2D eigenvalue weighted by Gasteiger charge is -2.12. The topological polar surface area (TPSA) is 99.8 Å². The van der Waals surface area contributed by atoms with Crippen LogP contribution < -0.4 is 5.73 Å². The Balaban J connectivity index is 1.46. The molecule has 1 aromatic carbocycles. The molecule has 8 nitrogen and oxygen atoms in total. The number of nitrogens with zero attached hydrogens (tertiary/aromatic N) is 7. The van der Waals surface area contributed by atoms with Gasteiger partial charge in [0.25, 0.3) is 0 Å². The molecule has 0 radical (unpaired) electrons. The molecule has 1 atom stereocenters. The molecule has 0 saturated carbocycles. The number of hydrogen-bond acceptors (Lipinski definition) is 6. The number of aromatic nitrogens is 7. The molecule has 0 aliphatic rings. The molecule has 148 valence electrons. The zero-order valence-electron chi connectivity index (χ0n) is 16.0. The molecule has 0 bridgehead atoms. The number of rotatable bonds is 4. The Morgan fingerprint density at radius 1 is 1.00 bits per heavy atom. The Morgan fingerprint density at radius 3 is 2.67 bits per heavy atom. The SMILES string of the molecule is CC(c1ccc(F)cc1)n1cc(-c2cc(-c3ccn4nc(N)nc4c3)cnn2)cn1. The van der Waals surface area contributed by atoms with Crippen molar-refractivity contribution in [3.63, 3.8) is 0 Å². The van der Waals surface area contributed by atoms with E-state index in [4.69, 9.17) is 5.73 Å². The van der Waals surface area contributed by atoms with Gasteiger partial charge in [0.2, 0.25) is 5.95 Å². The van der Waals surface area contributed by atoms with Gasteiger partial charge in [-0.2, -0.15) is 20.3 Å². The van der Waals surface area contributed by atoms with Crippen molar-refractivity contribution < 1.29 is 4.39 Å². The molecule has 0 amide bonds. The zero-order chi connectivity index (χ0) is 20.7. The fraction of sp³-hybridized carbons (Fsp3) is 0.0952. The maximum Gasteiger partial charge on any atom is 0.240 e. The highest BCUT2D eigenvalue weighted by Crippen LogP contribution is 2.26. The summed E-state index contributed by atoms with van der Waals surface area (Å²) in [5.74, 6) is -0.0328. The second-order valence-electron chi connectivity index (χ2n) is 6.95. The number of halogens is 1. The molecule has 0 aliphatic heterocycles. The second kappa shape index (κ2) is 7.03. The van der Waals surface area contributed by atoms with E-state index in [1.807, 2.05) is 36.0 Å². The molecule has 4 heterocycles. The van der Waals surface area contributed by atoms with Gasteiger partial charge in [-0.15, -0.1) is 5.10 Å². The highest BCUT2D eigenvalue weighted by atomic mass is 19.1. The lowest BCUT2D eigenvalue weighted by Crippen LogP contribution is -2.06. The first-order valence-electron chi connectivity index (χ1n) is 9.32. The summed E-state index contributed by atoms with van der Waals surface area (Å²) >= 11 is 0. The molecule has 5 rings (SSSR count). The van der Waals surface area contributed by atoms with Gasteiger partial charge < -0.3 is 5.73 Å². The van der Waals surface area contributed by atoms with Crippen LogP contribution in [0.4, 0.5) is 10.3 Å². The molecular weight excluding hydrogens is 383 g/mol. The van der Waals surface area contributed by atoms with Crippen LogP contribution in [0, 0.1) is 5.82 Å². The highest BCUT2D eigenvalue weighted by Gasteiger charge is 2.12. The molecule has 2 N–H and O–H groups in total. The number of nitrogens with two attached hydrogens (primary N) is 1. The molecule has 1 unspecified atom stereocenters. The minimum Gasteiger partial charge on any atom is -0.366 e. The molecular formula is C21H17FN8. The third kappa shape index (κ3) is 3.26. The minimum atomic E-state index is -0.258. The Labute approximate surface area is 170 Å². The van der Waals surface area contributed by atoms with Crippen LogP contribution in [0.2, 0.25) is 0 Å². The van der Waals surface area contributed by atoms with Crippen molar-refractivity contribution in [1.82, 2.24) is 34.6 Å². The monoisotopic (exact) mass is 400 g/mol. The normalized spacial score (nSPS) is 12.3. The van der Waals surface area contributed by atoms with Gasteiger partial charge in [0.15, 0.2) is 5.65 Å². The van der Waals surface area contributed by atoms with Crippen molar-refractivity contribution >= 4 is 11.6 Å². The molecule has 0 fully saturated rings. The van der Waals surface area contributed by atoms with Crippen LogP contribution >= 0.6 is 0 Å². The maximum absolute atomic E-state index is 13.2. The van der Waals surface area contributed by atoms with E-state index < -0.39 is 0 Å². The summed E-state index contributed by atoms with van der Waals surface area (Å²) < 4.78 is 16.6. The predicted octanol–water partition coefficient (Wildman–Crippen LogP) is 3.38. The van der Waals surface area contributed by atoms with E-state index in [9.17, 15) is 4.39 Å². The maximum atomic E-state index is 13.2. The number of nitrogen functional groups attached to an aromatic ring is 1. The number of pyridine rings is 1. The lowest BCUT2D eigenvalue weighted by molar-refractivity contribution is 0.561. The smallest absolute Gasteiger partial charge is 0.240 e. The summed E-state index contributed by atoms with van der Waals surface area (Å²) in [5.41, 5.74) is 10.6. The van der Waals surface area contributed by atoms with Crippen LogP contribution in [0.25, 0.3) is 28.0 Å². The quantitative estimate of drug-likeness (QED) is 0.496. The minimum absolute atomic E-state index is 0.0451.